The molecule has 2 aromatic carbocycles. The summed E-state index contributed by atoms with van der Waals surface area (Å²) in [4.78, 5) is 49.1. The lowest BCUT2D eigenvalue weighted by molar-refractivity contribution is -0.145. The van der Waals surface area contributed by atoms with E-state index < -0.39 is 29.8 Å². The van der Waals surface area contributed by atoms with Crippen molar-refractivity contribution in [2.45, 2.75) is 25.9 Å². The standard InChI is InChI=1S/C29H27FN4O4/c1-29(2)19-14-34(27(36)21-11-15-8-6-10-20(30)23(15)32-21)25(22(19)29)26(35)33-24(28(37)38-3)18-13-31-12-16-7-4-5-9-17(16)18/h4-13,19,22,24-25,32H,14H2,1-3H3,(H,33,35)/t19-,22-,24?,25-/m0/s1. The quantitative estimate of drug-likeness (QED) is 0.392. The number of pyridine rings is 1. The number of amides is 2. The molecule has 194 valence electrons. The molecule has 6 rings (SSSR count). The monoisotopic (exact) mass is 514 g/mol. The van der Waals surface area contributed by atoms with Gasteiger partial charge in [-0.1, -0.05) is 50.2 Å². The normalized spacial score (nSPS) is 22.2. The Morgan fingerprint density at radius 2 is 1.89 bits per heavy atom. The van der Waals surface area contributed by atoms with Crippen LogP contribution >= 0.6 is 0 Å². The molecule has 0 spiro atoms. The summed E-state index contributed by atoms with van der Waals surface area (Å²) < 4.78 is 19.3. The number of H-pyrrole nitrogens is 1. The van der Waals surface area contributed by atoms with Gasteiger partial charge in [-0.3, -0.25) is 14.6 Å². The SMILES string of the molecule is COC(=O)C(NC(=O)[C@@H]1[C@@H]2[C@H](CN1C(=O)c1cc3cccc(F)c3[nH]1)C2(C)C)c1cncc2ccccc12. The summed E-state index contributed by atoms with van der Waals surface area (Å²) in [6.07, 6.45) is 3.23. The molecule has 1 aliphatic carbocycles. The highest BCUT2D eigenvalue weighted by atomic mass is 19.1. The summed E-state index contributed by atoms with van der Waals surface area (Å²) >= 11 is 0. The number of piperidine rings is 1. The van der Waals surface area contributed by atoms with Gasteiger partial charge < -0.3 is 19.9 Å². The minimum Gasteiger partial charge on any atom is -0.467 e. The minimum absolute atomic E-state index is 0.0727. The summed E-state index contributed by atoms with van der Waals surface area (Å²) in [5.74, 6) is -1.85. The molecule has 3 heterocycles. The Morgan fingerprint density at radius 1 is 1.13 bits per heavy atom. The zero-order valence-corrected chi connectivity index (χ0v) is 21.2. The number of halogens is 1. The molecular weight excluding hydrogens is 487 g/mol. The first kappa shape index (κ1) is 24.1. The molecular formula is C29H27FN4O4. The summed E-state index contributed by atoms with van der Waals surface area (Å²) in [5, 5.41) is 5.03. The van der Waals surface area contributed by atoms with E-state index in [1.807, 2.05) is 24.3 Å². The molecule has 38 heavy (non-hydrogen) atoms. The first-order chi connectivity index (χ1) is 18.2. The van der Waals surface area contributed by atoms with Crippen LogP contribution in [0.3, 0.4) is 0 Å². The van der Waals surface area contributed by atoms with Gasteiger partial charge in [-0.05, 0) is 34.8 Å². The predicted molar refractivity (Wildman–Crippen MR) is 138 cm³/mol. The minimum atomic E-state index is -1.11. The number of fused-ring (bicyclic) bond motifs is 3. The van der Waals surface area contributed by atoms with E-state index in [9.17, 15) is 18.8 Å². The molecule has 2 aliphatic rings. The molecule has 0 radical (unpaired) electrons. The highest BCUT2D eigenvalue weighted by molar-refractivity contribution is 6.02. The van der Waals surface area contributed by atoms with Gasteiger partial charge in [0.05, 0.1) is 12.6 Å². The van der Waals surface area contributed by atoms with Crippen molar-refractivity contribution in [2.75, 3.05) is 13.7 Å². The maximum atomic E-state index is 14.3. The lowest BCUT2D eigenvalue weighted by Crippen LogP contribution is -2.51. The molecule has 8 nitrogen and oxygen atoms in total. The smallest absolute Gasteiger partial charge is 0.333 e. The second-order valence-electron chi connectivity index (χ2n) is 10.7. The fourth-order valence-electron chi connectivity index (χ4n) is 6.16. The third kappa shape index (κ3) is 3.64. The van der Waals surface area contributed by atoms with E-state index in [2.05, 4.69) is 29.1 Å². The van der Waals surface area contributed by atoms with E-state index in [1.54, 1.807) is 30.6 Å². The van der Waals surface area contributed by atoms with Crippen LogP contribution in [0.1, 0.15) is 35.9 Å². The molecule has 2 amide bonds. The van der Waals surface area contributed by atoms with Crippen molar-refractivity contribution in [1.29, 1.82) is 0 Å². The van der Waals surface area contributed by atoms with Crippen LogP contribution in [0.2, 0.25) is 0 Å². The van der Waals surface area contributed by atoms with Crippen LogP contribution in [0.4, 0.5) is 4.39 Å². The number of esters is 1. The maximum absolute atomic E-state index is 14.3. The van der Waals surface area contributed by atoms with Crippen molar-refractivity contribution >= 4 is 39.5 Å². The fourth-order valence-corrected chi connectivity index (χ4v) is 6.16. The molecule has 9 heteroatoms. The van der Waals surface area contributed by atoms with Gasteiger partial charge in [-0.15, -0.1) is 0 Å². The fraction of sp³-hybridized carbons (Fsp3) is 0.310. The first-order valence-corrected chi connectivity index (χ1v) is 12.5. The highest BCUT2D eigenvalue weighted by Gasteiger charge is 2.69. The number of hydrogen-bond acceptors (Lipinski definition) is 5. The van der Waals surface area contributed by atoms with Gasteiger partial charge in [0.2, 0.25) is 5.91 Å². The Labute approximate surface area is 218 Å². The number of aromatic amines is 1. The van der Waals surface area contributed by atoms with Crippen LogP contribution in [-0.2, 0) is 14.3 Å². The number of likely N-dealkylation sites (tertiary alicyclic amines) is 1. The van der Waals surface area contributed by atoms with Crippen molar-refractivity contribution in [1.82, 2.24) is 20.2 Å². The van der Waals surface area contributed by atoms with E-state index in [1.165, 1.54) is 18.1 Å². The predicted octanol–water partition coefficient (Wildman–Crippen LogP) is 3.98. The van der Waals surface area contributed by atoms with Gasteiger partial charge in [-0.25, -0.2) is 9.18 Å². The highest BCUT2D eigenvalue weighted by Crippen LogP contribution is 2.65. The number of nitrogens with one attached hydrogen (secondary N) is 2. The summed E-state index contributed by atoms with van der Waals surface area (Å²) in [6, 6.07) is 11.8. The Bertz CT molecular complexity index is 1610. The van der Waals surface area contributed by atoms with Crippen LogP contribution in [0, 0.1) is 23.1 Å². The zero-order chi connectivity index (χ0) is 26.8. The van der Waals surface area contributed by atoms with Crippen molar-refractivity contribution in [3.05, 3.63) is 78.0 Å². The summed E-state index contributed by atoms with van der Waals surface area (Å²) in [7, 11) is 1.26. The molecule has 1 saturated carbocycles. The first-order valence-electron chi connectivity index (χ1n) is 12.5. The average Bonchev–Trinajstić information content (AvgIpc) is 3.30. The number of aromatic nitrogens is 2. The Kier molecular flexibility index (Phi) is 5.48. The number of carbonyl (C=O) groups is 3. The van der Waals surface area contributed by atoms with Crippen molar-refractivity contribution < 1.29 is 23.5 Å². The van der Waals surface area contributed by atoms with Crippen LogP contribution in [0.15, 0.2) is 60.9 Å². The maximum Gasteiger partial charge on any atom is 0.333 e. The number of benzene rings is 2. The largest absolute Gasteiger partial charge is 0.467 e. The van der Waals surface area contributed by atoms with Gasteiger partial charge in [0.25, 0.3) is 5.91 Å². The number of methoxy groups -OCH3 is 1. The molecule has 1 saturated heterocycles. The Hall–Kier alpha value is -4.27. The number of para-hydroxylation sites is 1. The van der Waals surface area contributed by atoms with Crippen LogP contribution in [0.5, 0.6) is 0 Å². The molecule has 4 aromatic rings. The molecule has 0 bridgehead atoms. The van der Waals surface area contributed by atoms with E-state index in [0.717, 1.165) is 10.8 Å². The number of carbonyl (C=O) groups excluding carboxylic acids is 3. The molecule has 2 fully saturated rings. The van der Waals surface area contributed by atoms with Crippen molar-refractivity contribution in [3.8, 4) is 0 Å². The number of rotatable bonds is 5. The van der Waals surface area contributed by atoms with Crippen molar-refractivity contribution in [3.63, 3.8) is 0 Å². The topological polar surface area (TPSA) is 104 Å². The molecule has 2 aromatic heterocycles. The lowest BCUT2D eigenvalue weighted by atomic mass is 9.98. The summed E-state index contributed by atoms with van der Waals surface area (Å²) in [5.41, 5.74) is 0.838. The third-order valence-corrected chi connectivity index (χ3v) is 8.31. The molecule has 2 N–H and O–H groups in total. The van der Waals surface area contributed by atoms with E-state index in [4.69, 9.17) is 4.74 Å². The second kappa shape index (κ2) is 8.65. The summed E-state index contributed by atoms with van der Waals surface area (Å²) in [6.45, 7) is 4.55. The van der Waals surface area contributed by atoms with Gasteiger partial charge in [0.15, 0.2) is 6.04 Å². The lowest BCUT2D eigenvalue weighted by Gasteiger charge is -2.31. The van der Waals surface area contributed by atoms with E-state index >= 15 is 0 Å². The van der Waals surface area contributed by atoms with E-state index in [0.29, 0.717) is 17.5 Å². The average molecular weight is 515 g/mol. The zero-order valence-electron chi connectivity index (χ0n) is 21.2. The van der Waals surface area contributed by atoms with Crippen LogP contribution in [0.25, 0.3) is 21.7 Å². The Morgan fingerprint density at radius 3 is 2.66 bits per heavy atom. The van der Waals surface area contributed by atoms with Crippen molar-refractivity contribution in [2.24, 2.45) is 17.3 Å². The van der Waals surface area contributed by atoms with E-state index in [-0.39, 0.29) is 34.4 Å². The Balaban J connectivity index is 1.34. The van der Waals surface area contributed by atoms with Gasteiger partial charge in [-0.2, -0.15) is 0 Å². The molecule has 1 unspecified atom stereocenters. The number of nitrogens with zero attached hydrogens (tertiary/aromatic N) is 2. The number of ether oxygens (including phenoxy) is 1. The molecule has 4 atom stereocenters. The second-order valence-corrected chi connectivity index (χ2v) is 10.7. The van der Waals surface area contributed by atoms with Crippen LogP contribution < -0.4 is 5.32 Å². The van der Waals surface area contributed by atoms with Crippen LogP contribution in [-0.4, -0.2) is 52.3 Å². The molecule has 1 aliphatic heterocycles. The van der Waals surface area contributed by atoms with Gasteiger partial charge >= 0.3 is 5.97 Å². The number of hydrogen-bond donors (Lipinski definition) is 2. The van der Waals surface area contributed by atoms with Gasteiger partial charge in [0.1, 0.15) is 17.6 Å². The third-order valence-electron chi connectivity index (χ3n) is 8.31. The van der Waals surface area contributed by atoms with Gasteiger partial charge in [0, 0.05) is 35.3 Å².